The summed E-state index contributed by atoms with van der Waals surface area (Å²) in [5.41, 5.74) is 1.05. The molecule has 1 heterocycles. The Labute approximate surface area is 134 Å². The second kappa shape index (κ2) is 7.98. The van der Waals surface area contributed by atoms with Crippen LogP contribution < -0.4 is 10.1 Å². The quantitative estimate of drug-likeness (QED) is 0.724. The van der Waals surface area contributed by atoms with Gasteiger partial charge in [-0.15, -0.1) is 0 Å². The van der Waals surface area contributed by atoms with E-state index in [1.807, 2.05) is 19.1 Å². The van der Waals surface area contributed by atoms with E-state index in [4.69, 9.17) is 4.74 Å². The molecule has 1 aromatic carbocycles. The molecule has 5 nitrogen and oxygen atoms in total. The minimum Gasteiger partial charge on any atom is -0.503 e. The third-order valence-corrected chi connectivity index (χ3v) is 4.33. The molecule has 0 bridgehead atoms. The third kappa shape index (κ3) is 4.10. The number of nitrogens with zero attached hydrogens (tertiary/aromatic N) is 1. The zero-order valence-electron chi connectivity index (χ0n) is 12.3. The van der Waals surface area contributed by atoms with Gasteiger partial charge in [-0.3, -0.25) is 4.90 Å². The van der Waals surface area contributed by atoms with Gasteiger partial charge in [0.2, 0.25) is 0 Å². The average molecular weight is 359 g/mol. The number of nitrogens with one attached hydrogen (secondary N) is 1. The lowest BCUT2D eigenvalue weighted by molar-refractivity contribution is 0.141. The normalized spacial score (nSPS) is 17.7. The number of piperazine rings is 1. The first-order chi connectivity index (χ1) is 10.2. The second-order valence-corrected chi connectivity index (χ2v) is 5.95. The van der Waals surface area contributed by atoms with E-state index in [2.05, 4.69) is 26.1 Å². The highest BCUT2D eigenvalue weighted by molar-refractivity contribution is 9.10. The summed E-state index contributed by atoms with van der Waals surface area (Å²) in [6.07, 6.45) is 0.669. The number of aliphatic hydroxyl groups is 1. The average Bonchev–Trinajstić information content (AvgIpc) is 2.50. The molecule has 6 heteroatoms. The molecule has 1 saturated heterocycles. The molecule has 0 aliphatic carbocycles. The molecule has 21 heavy (non-hydrogen) atoms. The van der Waals surface area contributed by atoms with Crippen molar-refractivity contribution < 1.29 is 14.9 Å². The molecule has 3 N–H and O–H groups in total. The van der Waals surface area contributed by atoms with Gasteiger partial charge in [-0.2, -0.15) is 0 Å². The minimum atomic E-state index is 0.128. The van der Waals surface area contributed by atoms with Crippen molar-refractivity contribution in [3.8, 4) is 11.5 Å². The number of aromatic hydroxyl groups is 1. The Balaban J connectivity index is 2.30. The van der Waals surface area contributed by atoms with Gasteiger partial charge in [0.25, 0.3) is 0 Å². The van der Waals surface area contributed by atoms with E-state index in [1.165, 1.54) is 0 Å². The van der Waals surface area contributed by atoms with Crippen molar-refractivity contribution in [2.24, 2.45) is 0 Å². The summed E-state index contributed by atoms with van der Waals surface area (Å²) in [6.45, 7) is 6.35. The summed E-state index contributed by atoms with van der Waals surface area (Å²) in [5.74, 6) is 0.614. The Morgan fingerprint density at radius 3 is 2.71 bits per heavy atom. The van der Waals surface area contributed by atoms with E-state index in [9.17, 15) is 10.2 Å². The SMILES string of the molecule is CCOc1cc([C@@H](CCO)N2CCNCC2)cc(Br)c1O. The summed E-state index contributed by atoms with van der Waals surface area (Å²) >= 11 is 3.39. The molecule has 0 amide bonds. The lowest BCUT2D eigenvalue weighted by atomic mass is 10.0. The van der Waals surface area contributed by atoms with Gasteiger partial charge in [-0.05, 0) is 47.0 Å². The van der Waals surface area contributed by atoms with E-state index in [-0.39, 0.29) is 18.4 Å². The molecule has 1 atom stereocenters. The summed E-state index contributed by atoms with van der Waals surface area (Å²) in [7, 11) is 0. The van der Waals surface area contributed by atoms with Crippen LogP contribution in [0.25, 0.3) is 0 Å². The number of halogens is 1. The Hall–Kier alpha value is -0.820. The Morgan fingerprint density at radius 1 is 1.38 bits per heavy atom. The van der Waals surface area contributed by atoms with Gasteiger partial charge >= 0.3 is 0 Å². The van der Waals surface area contributed by atoms with Crippen LogP contribution in [0.15, 0.2) is 16.6 Å². The van der Waals surface area contributed by atoms with Crippen LogP contribution in [-0.2, 0) is 0 Å². The fourth-order valence-electron chi connectivity index (χ4n) is 2.73. The van der Waals surface area contributed by atoms with Gasteiger partial charge in [0.05, 0.1) is 11.1 Å². The maximum absolute atomic E-state index is 10.0. The molecular formula is C15H23BrN2O3. The van der Waals surface area contributed by atoms with Crippen LogP contribution in [0.5, 0.6) is 11.5 Å². The first-order valence-electron chi connectivity index (χ1n) is 7.38. The third-order valence-electron chi connectivity index (χ3n) is 3.73. The van der Waals surface area contributed by atoms with Crippen LogP contribution in [0.1, 0.15) is 24.9 Å². The zero-order chi connectivity index (χ0) is 15.2. The van der Waals surface area contributed by atoms with Crippen molar-refractivity contribution >= 4 is 15.9 Å². The van der Waals surface area contributed by atoms with Gasteiger partial charge in [0.1, 0.15) is 0 Å². The zero-order valence-corrected chi connectivity index (χ0v) is 13.9. The number of benzene rings is 1. The molecule has 2 rings (SSSR count). The van der Waals surface area contributed by atoms with Crippen molar-refractivity contribution in [3.05, 3.63) is 22.2 Å². The topological polar surface area (TPSA) is 65.0 Å². The standard InChI is InChI=1S/C15H23BrN2O3/c1-2-21-14-10-11(9-12(16)15(14)20)13(3-8-19)18-6-4-17-5-7-18/h9-10,13,17,19-20H,2-8H2,1H3/t13-/m1/s1. The summed E-state index contributed by atoms with van der Waals surface area (Å²) in [6, 6.07) is 3.93. The van der Waals surface area contributed by atoms with E-state index in [1.54, 1.807) is 0 Å². The Morgan fingerprint density at radius 2 is 2.10 bits per heavy atom. The Bertz CT molecular complexity index is 464. The maximum atomic E-state index is 10.0. The first-order valence-corrected chi connectivity index (χ1v) is 8.17. The van der Waals surface area contributed by atoms with Crippen molar-refractivity contribution in [3.63, 3.8) is 0 Å². The van der Waals surface area contributed by atoms with Gasteiger partial charge in [-0.25, -0.2) is 0 Å². The Kier molecular flexibility index (Phi) is 6.29. The van der Waals surface area contributed by atoms with Gasteiger partial charge in [0.15, 0.2) is 11.5 Å². The molecule has 0 unspecified atom stereocenters. The number of hydrogen-bond donors (Lipinski definition) is 3. The number of phenols is 1. The first kappa shape index (κ1) is 16.5. The predicted molar refractivity (Wildman–Crippen MR) is 85.9 cm³/mol. The highest BCUT2D eigenvalue weighted by Gasteiger charge is 2.23. The molecule has 0 spiro atoms. The van der Waals surface area contributed by atoms with E-state index in [0.717, 1.165) is 31.7 Å². The number of rotatable bonds is 6. The largest absolute Gasteiger partial charge is 0.503 e. The van der Waals surface area contributed by atoms with Crippen LogP contribution in [-0.4, -0.2) is 54.5 Å². The van der Waals surface area contributed by atoms with Crippen LogP contribution in [0.3, 0.4) is 0 Å². The summed E-state index contributed by atoms with van der Waals surface area (Å²) in [4.78, 5) is 2.36. The maximum Gasteiger partial charge on any atom is 0.172 e. The molecule has 0 saturated carbocycles. The number of ether oxygens (including phenoxy) is 1. The lowest BCUT2D eigenvalue weighted by Gasteiger charge is -2.35. The van der Waals surface area contributed by atoms with Crippen LogP contribution in [0.2, 0.25) is 0 Å². The molecule has 0 radical (unpaired) electrons. The van der Waals surface area contributed by atoms with Crippen LogP contribution in [0, 0.1) is 0 Å². The lowest BCUT2D eigenvalue weighted by Crippen LogP contribution is -2.45. The van der Waals surface area contributed by atoms with E-state index in [0.29, 0.717) is 23.2 Å². The number of aliphatic hydroxyl groups excluding tert-OH is 1. The molecule has 118 valence electrons. The fraction of sp³-hybridized carbons (Fsp3) is 0.600. The van der Waals surface area contributed by atoms with Crippen molar-refractivity contribution in [1.29, 1.82) is 0 Å². The fourth-order valence-corrected chi connectivity index (χ4v) is 3.19. The highest BCUT2D eigenvalue weighted by Crippen LogP contribution is 2.39. The molecule has 1 fully saturated rings. The monoisotopic (exact) mass is 358 g/mol. The van der Waals surface area contributed by atoms with Crippen molar-refractivity contribution in [2.45, 2.75) is 19.4 Å². The van der Waals surface area contributed by atoms with E-state index >= 15 is 0 Å². The highest BCUT2D eigenvalue weighted by atomic mass is 79.9. The summed E-state index contributed by atoms with van der Waals surface area (Å²) < 4.78 is 6.13. The minimum absolute atomic E-state index is 0.128. The number of hydrogen-bond acceptors (Lipinski definition) is 5. The molecular weight excluding hydrogens is 336 g/mol. The second-order valence-electron chi connectivity index (χ2n) is 5.10. The predicted octanol–water partition coefficient (Wildman–Crippen LogP) is 1.88. The van der Waals surface area contributed by atoms with Gasteiger partial charge in [0, 0.05) is 38.8 Å². The van der Waals surface area contributed by atoms with Gasteiger partial charge in [-0.1, -0.05) is 0 Å². The van der Waals surface area contributed by atoms with Gasteiger partial charge < -0.3 is 20.3 Å². The molecule has 0 aromatic heterocycles. The van der Waals surface area contributed by atoms with Crippen LogP contribution >= 0.6 is 15.9 Å². The molecule has 1 aliphatic heterocycles. The summed E-state index contributed by atoms with van der Waals surface area (Å²) in [5, 5.41) is 22.8. The van der Waals surface area contributed by atoms with Crippen LogP contribution in [0.4, 0.5) is 0 Å². The van der Waals surface area contributed by atoms with Crippen molar-refractivity contribution in [1.82, 2.24) is 10.2 Å². The molecule has 1 aromatic rings. The molecule has 1 aliphatic rings. The van der Waals surface area contributed by atoms with E-state index < -0.39 is 0 Å². The number of phenolic OH excluding ortho intramolecular Hbond substituents is 1. The smallest absolute Gasteiger partial charge is 0.172 e. The van der Waals surface area contributed by atoms with Crippen molar-refractivity contribution in [2.75, 3.05) is 39.4 Å².